The molecule has 5 nitrogen and oxygen atoms in total. The summed E-state index contributed by atoms with van der Waals surface area (Å²) in [6.07, 6.45) is 0.980. The molecule has 2 heterocycles. The summed E-state index contributed by atoms with van der Waals surface area (Å²) in [5.41, 5.74) is 1.13. The van der Waals surface area contributed by atoms with Crippen molar-refractivity contribution in [2.24, 2.45) is 0 Å². The maximum absolute atomic E-state index is 5.34. The van der Waals surface area contributed by atoms with Gasteiger partial charge in [-0.05, 0) is 18.6 Å². The van der Waals surface area contributed by atoms with Crippen molar-refractivity contribution >= 4 is 5.69 Å². The first-order valence-electron chi connectivity index (χ1n) is 6.49. The summed E-state index contributed by atoms with van der Waals surface area (Å²) in [6, 6.07) is 10.1. The van der Waals surface area contributed by atoms with Gasteiger partial charge in [-0.1, -0.05) is 23.4 Å². The second kappa shape index (κ2) is 5.40. The zero-order valence-corrected chi connectivity index (χ0v) is 11.0. The van der Waals surface area contributed by atoms with Crippen LogP contribution in [0.25, 0.3) is 0 Å². The van der Waals surface area contributed by atoms with E-state index in [0.717, 1.165) is 24.5 Å². The molecule has 1 saturated heterocycles. The highest BCUT2D eigenvalue weighted by Gasteiger charge is 2.23. The van der Waals surface area contributed by atoms with E-state index in [0.29, 0.717) is 25.0 Å². The first kappa shape index (κ1) is 12.2. The van der Waals surface area contributed by atoms with Gasteiger partial charge in [-0.15, -0.1) is 0 Å². The van der Waals surface area contributed by atoms with Gasteiger partial charge in [0.2, 0.25) is 5.89 Å². The Kier molecular flexibility index (Phi) is 3.46. The van der Waals surface area contributed by atoms with Gasteiger partial charge in [-0.25, -0.2) is 0 Å². The SMILES string of the molecule is CN(Cc1nc([C@@H]2CCOC2)no1)c1ccccc1. The van der Waals surface area contributed by atoms with E-state index >= 15 is 0 Å². The topological polar surface area (TPSA) is 51.4 Å². The fourth-order valence-corrected chi connectivity index (χ4v) is 2.21. The van der Waals surface area contributed by atoms with E-state index in [2.05, 4.69) is 27.2 Å². The van der Waals surface area contributed by atoms with Crippen LogP contribution < -0.4 is 4.90 Å². The Morgan fingerprint density at radius 1 is 1.32 bits per heavy atom. The summed E-state index contributed by atoms with van der Waals surface area (Å²) in [7, 11) is 2.01. The lowest BCUT2D eigenvalue weighted by atomic mass is 10.1. The fourth-order valence-electron chi connectivity index (χ4n) is 2.21. The molecule has 3 rings (SSSR count). The van der Waals surface area contributed by atoms with Crippen LogP contribution in [0.5, 0.6) is 0 Å². The number of ether oxygens (including phenoxy) is 1. The first-order chi connectivity index (χ1) is 9.33. The minimum absolute atomic E-state index is 0.291. The van der Waals surface area contributed by atoms with Gasteiger partial charge in [0.25, 0.3) is 0 Å². The summed E-state index contributed by atoms with van der Waals surface area (Å²) < 4.78 is 10.6. The number of hydrogen-bond donors (Lipinski definition) is 0. The summed E-state index contributed by atoms with van der Waals surface area (Å²) >= 11 is 0. The molecule has 0 amide bonds. The van der Waals surface area contributed by atoms with Crippen LogP contribution >= 0.6 is 0 Å². The maximum Gasteiger partial charge on any atom is 0.246 e. The van der Waals surface area contributed by atoms with E-state index in [1.54, 1.807) is 0 Å². The number of anilines is 1. The van der Waals surface area contributed by atoms with Crippen LogP contribution in [-0.4, -0.2) is 30.4 Å². The molecule has 0 bridgehead atoms. The lowest BCUT2D eigenvalue weighted by Crippen LogP contribution is -2.16. The second-order valence-electron chi connectivity index (χ2n) is 4.80. The van der Waals surface area contributed by atoms with Crippen molar-refractivity contribution < 1.29 is 9.26 Å². The number of hydrogen-bond acceptors (Lipinski definition) is 5. The Balaban J connectivity index is 1.66. The van der Waals surface area contributed by atoms with Crippen molar-refractivity contribution in [3.63, 3.8) is 0 Å². The quantitative estimate of drug-likeness (QED) is 0.842. The molecule has 1 fully saturated rings. The van der Waals surface area contributed by atoms with Crippen LogP contribution in [0, 0.1) is 0 Å². The molecule has 0 N–H and O–H groups in total. The number of rotatable bonds is 4. The van der Waals surface area contributed by atoms with Gasteiger partial charge in [0.15, 0.2) is 5.82 Å². The molecule has 1 aromatic carbocycles. The van der Waals surface area contributed by atoms with Gasteiger partial charge in [0.1, 0.15) is 0 Å². The lowest BCUT2D eigenvalue weighted by molar-refractivity contribution is 0.192. The highest BCUT2D eigenvalue weighted by molar-refractivity contribution is 5.44. The largest absolute Gasteiger partial charge is 0.381 e. The van der Waals surface area contributed by atoms with Crippen LogP contribution in [0.15, 0.2) is 34.9 Å². The highest BCUT2D eigenvalue weighted by Crippen LogP contribution is 2.23. The molecule has 1 aliphatic heterocycles. The van der Waals surface area contributed by atoms with Crippen molar-refractivity contribution in [2.75, 3.05) is 25.2 Å². The van der Waals surface area contributed by atoms with Crippen LogP contribution in [0.4, 0.5) is 5.69 Å². The lowest BCUT2D eigenvalue weighted by Gasteiger charge is -2.16. The molecule has 0 unspecified atom stereocenters. The van der Waals surface area contributed by atoms with Gasteiger partial charge >= 0.3 is 0 Å². The van der Waals surface area contributed by atoms with Gasteiger partial charge < -0.3 is 14.2 Å². The van der Waals surface area contributed by atoms with Crippen LogP contribution in [-0.2, 0) is 11.3 Å². The van der Waals surface area contributed by atoms with Crippen molar-refractivity contribution in [2.45, 2.75) is 18.9 Å². The maximum atomic E-state index is 5.34. The van der Waals surface area contributed by atoms with Crippen LogP contribution in [0.1, 0.15) is 24.1 Å². The molecule has 0 radical (unpaired) electrons. The molecule has 0 spiro atoms. The monoisotopic (exact) mass is 259 g/mol. The van der Waals surface area contributed by atoms with E-state index in [9.17, 15) is 0 Å². The molecule has 1 atom stereocenters. The Morgan fingerprint density at radius 2 is 2.16 bits per heavy atom. The van der Waals surface area contributed by atoms with E-state index in [1.165, 1.54) is 0 Å². The Labute approximate surface area is 112 Å². The molecule has 1 aliphatic rings. The minimum atomic E-state index is 0.291. The van der Waals surface area contributed by atoms with Gasteiger partial charge in [-0.2, -0.15) is 4.98 Å². The molecule has 0 aliphatic carbocycles. The standard InChI is InChI=1S/C14H17N3O2/c1-17(12-5-3-2-4-6-12)9-13-15-14(16-19-13)11-7-8-18-10-11/h2-6,11H,7-10H2,1H3/t11-/m1/s1. The van der Waals surface area contributed by atoms with E-state index in [4.69, 9.17) is 9.26 Å². The zero-order chi connectivity index (χ0) is 13.1. The Bertz CT molecular complexity index is 520. The molecule has 2 aromatic rings. The van der Waals surface area contributed by atoms with Gasteiger partial charge in [0.05, 0.1) is 13.2 Å². The summed E-state index contributed by atoms with van der Waals surface area (Å²) in [6.45, 7) is 2.11. The normalized spacial score (nSPS) is 18.7. The van der Waals surface area contributed by atoms with Gasteiger partial charge in [-0.3, -0.25) is 0 Å². The van der Waals surface area contributed by atoms with E-state index in [1.807, 2.05) is 25.2 Å². The predicted molar refractivity (Wildman–Crippen MR) is 71.0 cm³/mol. The van der Waals surface area contributed by atoms with Crippen molar-refractivity contribution in [3.8, 4) is 0 Å². The summed E-state index contributed by atoms with van der Waals surface area (Å²) in [4.78, 5) is 6.54. The molecule has 19 heavy (non-hydrogen) atoms. The van der Waals surface area contributed by atoms with E-state index < -0.39 is 0 Å². The third-order valence-corrected chi connectivity index (χ3v) is 3.35. The molecule has 0 saturated carbocycles. The fraction of sp³-hybridized carbons (Fsp3) is 0.429. The first-order valence-corrected chi connectivity index (χ1v) is 6.49. The number of benzene rings is 1. The molecular weight excluding hydrogens is 242 g/mol. The van der Waals surface area contributed by atoms with Crippen LogP contribution in [0.2, 0.25) is 0 Å². The highest BCUT2D eigenvalue weighted by atomic mass is 16.5. The second-order valence-corrected chi connectivity index (χ2v) is 4.80. The average molecular weight is 259 g/mol. The average Bonchev–Trinajstić information content (AvgIpc) is 3.10. The smallest absolute Gasteiger partial charge is 0.246 e. The predicted octanol–water partition coefficient (Wildman–Crippen LogP) is 2.21. The minimum Gasteiger partial charge on any atom is -0.381 e. The number of nitrogens with zero attached hydrogens (tertiary/aromatic N) is 3. The van der Waals surface area contributed by atoms with Gasteiger partial charge in [0, 0.05) is 25.3 Å². The molecule has 5 heteroatoms. The summed E-state index contributed by atoms with van der Waals surface area (Å²) in [5.74, 6) is 1.71. The molecule has 1 aromatic heterocycles. The Hall–Kier alpha value is -1.88. The van der Waals surface area contributed by atoms with Crippen molar-refractivity contribution in [1.29, 1.82) is 0 Å². The summed E-state index contributed by atoms with van der Waals surface area (Å²) in [5, 5.41) is 4.05. The van der Waals surface area contributed by atoms with Crippen molar-refractivity contribution in [1.82, 2.24) is 10.1 Å². The molecule has 100 valence electrons. The van der Waals surface area contributed by atoms with Crippen molar-refractivity contribution in [3.05, 3.63) is 42.0 Å². The van der Waals surface area contributed by atoms with Crippen LogP contribution in [0.3, 0.4) is 0 Å². The number of aromatic nitrogens is 2. The van der Waals surface area contributed by atoms with E-state index in [-0.39, 0.29) is 0 Å². The third kappa shape index (κ3) is 2.76. The Morgan fingerprint density at radius 3 is 2.89 bits per heavy atom. The zero-order valence-electron chi connectivity index (χ0n) is 11.0. The molecular formula is C14H17N3O2. The number of para-hydroxylation sites is 1. The third-order valence-electron chi connectivity index (χ3n) is 3.35.